The van der Waals surface area contributed by atoms with Crippen molar-refractivity contribution in [2.24, 2.45) is 0 Å². The minimum absolute atomic E-state index is 0.217. The maximum atomic E-state index is 11.3. The van der Waals surface area contributed by atoms with Crippen LogP contribution in [0.1, 0.15) is 18.9 Å². The summed E-state index contributed by atoms with van der Waals surface area (Å²) >= 11 is 0. The van der Waals surface area contributed by atoms with Crippen molar-refractivity contribution < 1.29 is 13.2 Å². The predicted molar refractivity (Wildman–Crippen MR) is 75.2 cm³/mol. The number of rotatable bonds is 7. The molecule has 0 bridgehead atoms. The van der Waals surface area contributed by atoms with Crippen LogP contribution in [0.4, 0.5) is 5.69 Å². The molecule has 1 aromatic carbocycles. The van der Waals surface area contributed by atoms with Gasteiger partial charge < -0.3 is 10.1 Å². The predicted octanol–water partition coefficient (Wildman–Crippen LogP) is 2.24. The minimum Gasteiger partial charge on any atom is -0.497 e. The molecule has 0 amide bonds. The first-order valence-corrected chi connectivity index (χ1v) is 7.89. The van der Waals surface area contributed by atoms with E-state index in [4.69, 9.17) is 4.74 Å². The largest absolute Gasteiger partial charge is 0.497 e. The molecule has 0 aromatic heterocycles. The van der Waals surface area contributed by atoms with Gasteiger partial charge in [0.25, 0.3) is 0 Å². The first kappa shape index (κ1) is 14.8. The second-order valence-corrected chi connectivity index (χ2v) is 6.67. The molecule has 5 heteroatoms. The summed E-state index contributed by atoms with van der Waals surface area (Å²) in [5.74, 6) is 1.28. The van der Waals surface area contributed by atoms with Gasteiger partial charge in [-0.3, -0.25) is 0 Å². The van der Waals surface area contributed by atoms with Crippen molar-refractivity contribution in [1.29, 1.82) is 0 Å². The Balaban J connectivity index is 2.45. The van der Waals surface area contributed by atoms with Crippen LogP contribution in [0.3, 0.4) is 0 Å². The molecule has 1 rings (SSSR count). The van der Waals surface area contributed by atoms with Gasteiger partial charge >= 0.3 is 0 Å². The quantitative estimate of drug-likeness (QED) is 0.773. The maximum Gasteiger partial charge on any atom is 0.150 e. The van der Waals surface area contributed by atoms with Crippen LogP contribution in [-0.2, 0) is 9.84 Å². The van der Waals surface area contributed by atoms with Gasteiger partial charge in [0, 0.05) is 18.0 Å². The van der Waals surface area contributed by atoms with Crippen LogP contribution in [0.2, 0.25) is 0 Å². The number of methoxy groups -OCH3 is 1. The second kappa shape index (κ2) is 6.64. The van der Waals surface area contributed by atoms with Crippen LogP contribution in [0.15, 0.2) is 18.2 Å². The van der Waals surface area contributed by atoms with Crippen molar-refractivity contribution in [3.8, 4) is 5.75 Å². The van der Waals surface area contributed by atoms with Crippen LogP contribution in [-0.4, -0.2) is 33.6 Å². The molecule has 0 heterocycles. The lowest BCUT2D eigenvalue weighted by Gasteiger charge is -2.10. The summed E-state index contributed by atoms with van der Waals surface area (Å²) in [6.07, 6.45) is 0.627. The van der Waals surface area contributed by atoms with E-state index in [1.165, 1.54) is 0 Å². The van der Waals surface area contributed by atoms with E-state index in [0.717, 1.165) is 17.0 Å². The van der Waals surface area contributed by atoms with Crippen LogP contribution in [0, 0.1) is 6.92 Å². The molecule has 0 saturated heterocycles. The lowest BCUT2D eigenvalue weighted by atomic mass is 10.2. The highest BCUT2D eigenvalue weighted by Crippen LogP contribution is 2.20. The number of anilines is 1. The summed E-state index contributed by atoms with van der Waals surface area (Å²) in [6, 6.07) is 5.78. The van der Waals surface area contributed by atoms with E-state index in [-0.39, 0.29) is 11.5 Å². The molecule has 0 aliphatic carbocycles. The maximum absolute atomic E-state index is 11.3. The van der Waals surface area contributed by atoms with E-state index in [0.29, 0.717) is 13.0 Å². The van der Waals surface area contributed by atoms with E-state index >= 15 is 0 Å². The molecule has 1 N–H and O–H groups in total. The number of benzene rings is 1. The Bertz CT molecular complexity index is 483. The van der Waals surface area contributed by atoms with Crippen LogP contribution >= 0.6 is 0 Å². The van der Waals surface area contributed by atoms with Gasteiger partial charge in [-0.05, 0) is 37.1 Å². The molecule has 18 heavy (non-hydrogen) atoms. The van der Waals surface area contributed by atoms with Crippen molar-refractivity contribution in [3.63, 3.8) is 0 Å². The topological polar surface area (TPSA) is 55.4 Å². The Morgan fingerprint density at radius 3 is 2.61 bits per heavy atom. The number of sulfone groups is 1. The van der Waals surface area contributed by atoms with Gasteiger partial charge in [-0.1, -0.05) is 6.92 Å². The zero-order valence-corrected chi connectivity index (χ0v) is 12.0. The standard InChI is InChI=1S/C13H21NO3S/c1-4-18(15,16)9-5-8-14-13-7-6-12(17-3)10-11(13)2/h6-7,10,14H,4-5,8-9H2,1-3H3. The van der Waals surface area contributed by atoms with Gasteiger partial charge in [0.15, 0.2) is 0 Å². The smallest absolute Gasteiger partial charge is 0.150 e. The Morgan fingerprint density at radius 2 is 2.06 bits per heavy atom. The molecule has 0 unspecified atom stereocenters. The van der Waals surface area contributed by atoms with Crippen molar-refractivity contribution in [3.05, 3.63) is 23.8 Å². The number of hydrogen-bond donors (Lipinski definition) is 1. The van der Waals surface area contributed by atoms with Crippen LogP contribution in [0.25, 0.3) is 0 Å². The molecular weight excluding hydrogens is 250 g/mol. The SMILES string of the molecule is CCS(=O)(=O)CCCNc1ccc(OC)cc1C. The highest BCUT2D eigenvalue weighted by Gasteiger charge is 2.06. The third kappa shape index (κ3) is 4.56. The Labute approximate surface area is 109 Å². The van der Waals surface area contributed by atoms with Crippen molar-refractivity contribution in [1.82, 2.24) is 0 Å². The first-order chi connectivity index (χ1) is 8.48. The highest BCUT2D eigenvalue weighted by molar-refractivity contribution is 7.91. The van der Waals surface area contributed by atoms with E-state index in [1.807, 2.05) is 25.1 Å². The third-order valence-corrected chi connectivity index (χ3v) is 4.61. The molecule has 0 fully saturated rings. The molecule has 4 nitrogen and oxygen atoms in total. The number of hydrogen-bond acceptors (Lipinski definition) is 4. The molecule has 0 aliphatic heterocycles. The van der Waals surface area contributed by atoms with Gasteiger partial charge in [-0.2, -0.15) is 0 Å². The first-order valence-electron chi connectivity index (χ1n) is 6.07. The molecule has 0 saturated carbocycles. The lowest BCUT2D eigenvalue weighted by Crippen LogP contribution is -2.13. The Kier molecular flexibility index (Phi) is 5.47. The summed E-state index contributed by atoms with van der Waals surface area (Å²) in [4.78, 5) is 0. The Hall–Kier alpha value is -1.23. The Morgan fingerprint density at radius 1 is 1.33 bits per heavy atom. The lowest BCUT2D eigenvalue weighted by molar-refractivity contribution is 0.414. The molecule has 0 atom stereocenters. The van der Waals surface area contributed by atoms with Gasteiger partial charge in [0.1, 0.15) is 15.6 Å². The highest BCUT2D eigenvalue weighted by atomic mass is 32.2. The molecular formula is C13H21NO3S. The third-order valence-electron chi connectivity index (χ3n) is 2.82. The fourth-order valence-corrected chi connectivity index (χ4v) is 2.49. The van der Waals surface area contributed by atoms with Crippen molar-refractivity contribution in [2.45, 2.75) is 20.3 Å². The molecule has 1 aromatic rings. The number of nitrogens with one attached hydrogen (secondary N) is 1. The van der Waals surface area contributed by atoms with E-state index < -0.39 is 9.84 Å². The fourth-order valence-electron chi connectivity index (χ4n) is 1.62. The average Bonchev–Trinajstić information content (AvgIpc) is 2.36. The van der Waals surface area contributed by atoms with E-state index in [1.54, 1.807) is 14.0 Å². The average molecular weight is 271 g/mol. The van der Waals surface area contributed by atoms with Gasteiger partial charge in [0.2, 0.25) is 0 Å². The van der Waals surface area contributed by atoms with Gasteiger partial charge in [-0.25, -0.2) is 8.42 Å². The number of ether oxygens (including phenoxy) is 1. The van der Waals surface area contributed by atoms with Crippen LogP contribution in [0.5, 0.6) is 5.75 Å². The van der Waals surface area contributed by atoms with Gasteiger partial charge in [0.05, 0.1) is 12.9 Å². The van der Waals surface area contributed by atoms with E-state index in [2.05, 4.69) is 5.32 Å². The van der Waals surface area contributed by atoms with Gasteiger partial charge in [-0.15, -0.1) is 0 Å². The van der Waals surface area contributed by atoms with E-state index in [9.17, 15) is 8.42 Å². The fraction of sp³-hybridized carbons (Fsp3) is 0.538. The summed E-state index contributed by atoms with van der Waals surface area (Å²) in [5, 5.41) is 3.24. The summed E-state index contributed by atoms with van der Waals surface area (Å²) in [7, 11) is -1.22. The molecule has 0 radical (unpaired) electrons. The monoisotopic (exact) mass is 271 g/mol. The zero-order chi connectivity index (χ0) is 13.6. The van der Waals surface area contributed by atoms with Crippen molar-refractivity contribution >= 4 is 15.5 Å². The summed E-state index contributed by atoms with van der Waals surface area (Å²) < 4.78 is 27.8. The summed E-state index contributed by atoms with van der Waals surface area (Å²) in [6.45, 7) is 4.33. The second-order valence-electron chi connectivity index (χ2n) is 4.20. The zero-order valence-electron chi connectivity index (χ0n) is 11.2. The summed E-state index contributed by atoms with van der Waals surface area (Å²) in [5.41, 5.74) is 2.11. The number of aryl methyl sites for hydroxylation is 1. The minimum atomic E-state index is -2.85. The molecule has 0 spiro atoms. The molecule has 102 valence electrons. The van der Waals surface area contributed by atoms with Crippen LogP contribution < -0.4 is 10.1 Å². The normalized spacial score (nSPS) is 11.3. The van der Waals surface area contributed by atoms with Crippen molar-refractivity contribution in [2.75, 3.05) is 30.5 Å². The molecule has 0 aliphatic rings.